The van der Waals surface area contributed by atoms with E-state index in [9.17, 15) is 14.4 Å². The van der Waals surface area contributed by atoms with Crippen molar-refractivity contribution in [2.45, 2.75) is 44.0 Å². The second-order valence-electron chi connectivity index (χ2n) is 7.63. The average Bonchev–Trinajstić information content (AvgIpc) is 3.22. The van der Waals surface area contributed by atoms with Crippen LogP contribution in [0.15, 0.2) is 34.2 Å². The van der Waals surface area contributed by atoms with E-state index in [2.05, 4.69) is 15.4 Å². The lowest BCUT2D eigenvalue weighted by Crippen LogP contribution is -2.54. The second kappa shape index (κ2) is 7.25. The summed E-state index contributed by atoms with van der Waals surface area (Å²) >= 11 is 0. The van der Waals surface area contributed by atoms with E-state index in [0.29, 0.717) is 5.56 Å². The summed E-state index contributed by atoms with van der Waals surface area (Å²) in [5.74, 6) is -1.14. The summed E-state index contributed by atoms with van der Waals surface area (Å²) in [6.07, 6.45) is 3.08. The highest BCUT2D eigenvalue weighted by atomic mass is 16.8. The molecule has 11 nitrogen and oxygen atoms in total. The summed E-state index contributed by atoms with van der Waals surface area (Å²) in [6, 6.07) is 0.800. The highest BCUT2D eigenvalue weighted by Gasteiger charge is 2.52. The van der Waals surface area contributed by atoms with Crippen LogP contribution in [0, 0.1) is 0 Å². The molecule has 29 heavy (non-hydrogen) atoms. The van der Waals surface area contributed by atoms with Crippen molar-refractivity contribution < 1.29 is 19.0 Å². The lowest BCUT2D eigenvalue weighted by molar-refractivity contribution is -0.153. The van der Waals surface area contributed by atoms with Gasteiger partial charge >= 0.3 is 5.69 Å². The number of hydrogen-bond donors (Lipinski definition) is 2. The predicted molar refractivity (Wildman–Crippen MR) is 99.5 cm³/mol. The Morgan fingerprint density at radius 3 is 2.79 bits per heavy atom. The number of aromatic nitrogens is 4. The molecule has 0 saturated carbocycles. The number of hydrogen-bond acceptors (Lipinski definition) is 7. The molecule has 4 atom stereocenters. The smallest absolute Gasteiger partial charge is 0.328 e. The minimum atomic E-state index is -0.876. The second-order valence-corrected chi connectivity index (χ2v) is 7.63. The number of rotatable bonds is 4. The third kappa shape index (κ3) is 3.88. The van der Waals surface area contributed by atoms with Gasteiger partial charge in [-0.2, -0.15) is 5.10 Å². The monoisotopic (exact) mass is 405 g/mol. The maximum Gasteiger partial charge on any atom is 0.328 e. The minimum absolute atomic E-state index is 0.167. The third-order valence-corrected chi connectivity index (χ3v) is 5.03. The lowest BCUT2D eigenvalue weighted by atomic mass is 9.97. The van der Waals surface area contributed by atoms with E-state index >= 15 is 0 Å². The fraction of sp³-hybridized carbons (Fsp3) is 0.556. The number of nitrogens with one attached hydrogen (secondary N) is 2. The molecule has 2 aromatic rings. The number of ether oxygens (including phenoxy) is 3. The molecule has 2 fully saturated rings. The van der Waals surface area contributed by atoms with Crippen LogP contribution in [0.3, 0.4) is 0 Å². The minimum Gasteiger partial charge on any atom is -0.371 e. The van der Waals surface area contributed by atoms with Crippen LogP contribution in [0.25, 0.3) is 0 Å². The van der Waals surface area contributed by atoms with E-state index in [1.807, 2.05) is 0 Å². The van der Waals surface area contributed by atoms with E-state index < -0.39 is 41.4 Å². The maximum atomic E-state index is 12.3. The Bertz CT molecular complexity index is 1020. The van der Waals surface area contributed by atoms with Gasteiger partial charge in [0.1, 0.15) is 18.3 Å². The molecular formula is C18H23N5O6. The summed E-state index contributed by atoms with van der Waals surface area (Å²) in [7, 11) is 1.73. The van der Waals surface area contributed by atoms with Crippen molar-refractivity contribution in [3.05, 3.63) is 51.1 Å². The van der Waals surface area contributed by atoms with Crippen LogP contribution in [-0.2, 0) is 21.3 Å². The Labute approximate surface area is 165 Å². The Kier molecular flexibility index (Phi) is 4.89. The van der Waals surface area contributed by atoms with Gasteiger partial charge in [0.2, 0.25) is 0 Å². The van der Waals surface area contributed by atoms with Crippen molar-refractivity contribution in [3.8, 4) is 0 Å². The molecule has 4 heterocycles. The van der Waals surface area contributed by atoms with Gasteiger partial charge in [-0.05, 0) is 13.8 Å². The standard InChI is InChI=1S/C18H23N5O6/c1-18(2)28-14-11(23-5-4-13(24)21-17(23)26)9-27-12(15(14)29-18)7-19-16(25)10-6-20-22(3)8-10/h4-6,8,11-12,14-15H,7,9H2,1-3H3,(H,19,25)(H,21,24,26)/t11-,12-,14+,15-/m1/s1. The Balaban J connectivity index is 1.51. The van der Waals surface area contributed by atoms with E-state index in [0.717, 1.165) is 0 Å². The largest absolute Gasteiger partial charge is 0.371 e. The molecule has 11 heteroatoms. The highest BCUT2D eigenvalue weighted by molar-refractivity contribution is 5.93. The molecule has 2 aliphatic rings. The first-order valence-corrected chi connectivity index (χ1v) is 9.29. The summed E-state index contributed by atoms with van der Waals surface area (Å²) < 4.78 is 20.9. The number of carbonyl (C=O) groups excluding carboxylic acids is 1. The van der Waals surface area contributed by atoms with Gasteiger partial charge in [-0.15, -0.1) is 0 Å². The first-order valence-electron chi connectivity index (χ1n) is 9.29. The molecule has 0 aromatic carbocycles. The number of fused-ring (bicyclic) bond motifs is 1. The van der Waals surface area contributed by atoms with Gasteiger partial charge in [-0.3, -0.25) is 23.8 Å². The maximum absolute atomic E-state index is 12.3. The molecule has 1 amide bonds. The van der Waals surface area contributed by atoms with E-state index in [-0.39, 0.29) is 19.1 Å². The molecule has 0 unspecified atom stereocenters. The number of carbonyl (C=O) groups is 1. The van der Waals surface area contributed by atoms with Crippen LogP contribution < -0.4 is 16.6 Å². The van der Waals surface area contributed by atoms with Crippen LogP contribution >= 0.6 is 0 Å². The van der Waals surface area contributed by atoms with Gasteiger partial charge in [0.15, 0.2) is 5.79 Å². The molecular weight excluding hydrogens is 382 g/mol. The summed E-state index contributed by atoms with van der Waals surface area (Å²) in [5.41, 5.74) is -0.567. The zero-order valence-corrected chi connectivity index (χ0v) is 16.3. The van der Waals surface area contributed by atoms with Gasteiger partial charge in [0.05, 0.1) is 24.4 Å². The Morgan fingerprint density at radius 2 is 2.10 bits per heavy atom. The fourth-order valence-corrected chi connectivity index (χ4v) is 3.75. The number of aromatic amines is 1. The fourth-order valence-electron chi connectivity index (χ4n) is 3.75. The van der Waals surface area contributed by atoms with Crippen LogP contribution in [0.4, 0.5) is 0 Å². The van der Waals surface area contributed by atoms with Gasteiger partial charge in [-0.25, -0.2) is 4.79 Å². The molecule has 2 aromatic heterocycles. The molecule has 0 spiro atoms. The Morgan fingerprint density at radius 1 is 1.34 bits per heavy atom. The Hall–Kier alpha value is -2.76. The SMILES string of the molecule is Cn1cc(C(=O)NC[C@H]2OC[C@@H](n3ccc(=O)[nH]c3=O)[C@@H]3OC(C)(C)O[C@@H]32)cn1. The third-order valence-electron chi connectivity index (χ3n) is 5.03. The predicted octanol–water partition coefficient (Wildman–Crippen LogP) is -0.840. The van der Waals surface area contributed by atoms with Gasteiger partial charge in [0.25, 0.3) is 11.5 Å². The molecule has 2 saturated heterocycles. The van der Waals surface area contributed by atoms with Crippen molar-refractivity contribution in [3.63, 3.8) is 0 Å². The summed E-state index contributed by atoms with van der Waals surface area (Å²) in [4.78, 5) is 38.2. The summed E-state index contributed by atoms with van der Waals surface area (Å²) in [5, 5.41) is 6.81. The molecule has 0 aliphatic carbocycles. The van der Waals surface area contributed by atoms with Gasteiger partial charge in [-0.1, -0.05) is 0 Å². The first-order chi connectivity index (χ1) is 13.7. The molecule has 0 bridgehead atoms. The number of H-pyrrole nitrogens is 1. The van der Waals surface area contributed by atoms with Crippen LogP contribution in [0.1, 0.15) is 30.2 Å². The van der Waals surface area contributed by atoms with E-state index in [1.165, 1.54) is 23.0 Å². The number of amides is 1. The first kappa shape index (κ1) is 19.6. The summed E-state index contributed by atoms with van der Waals surface area (Å²) in [6.45, 7) is 3.94. The van der Waals surface area contributed by atoms with Gasteiger partial charge < -0.3 is 19.5 Å². The average molecular weight is 405 g/mol. The zero-order valence-electron chi connectivity index (χ0n) is 16.3. The van der Waals surface area contributed by atoms with Crippen molar-refractivity contribution in [1.82, 2.24) is 24.6 Å². The van der Waals surface area contributed by atoms with Gasteiger partial charge in [0, 0.05) is 32.1 Å². The van der Waals surface area contributed by atoms with Crippen molar-refractivity contribution in [1.29, 1.82) is 0 Å². The number of aryl methyl sites for hydroxylation is 1. The van der Waals surface area contributed by atoms with E-state index in [1.54, 1.807) is 31.8 Å². The normalized spacial score (nSPS) is 28.1. The van der Waals surface area contributed by atoms with Crippen molar-refractivity contribution >= 4 is 5.91 Å². The van der Waals surface area contributed by atoms with Crippen molar-refractivity contribution in [2.24, 2.45) is 7.05 Å². The quantitative estimate of drug-likeness (QED) is 0.678. The van der Waals surface area contributed by atoms with Crippen molar-refractivity contribution in [2.75, 3.05) is 13.2 Å². The molecule has 2 aliphatic heterocycles. The van der Waals surface area contributed by atoms with Crippen LogP contribution in [-0.4, -0.2) is 62.5 Å². The zero-order chi connectivity index (χ0) is 20.8. The molecule has 156 valence electrons. The lowest BCUT2D eigenvalue weighted by Gasteiger charge is -2.37. The topological polar surface area (TPSA) is 129 Å². The van der Waals surface area contributed by atoms with Crippen LogP contribution in [0.2, 0.25) is 0 Å². The number of nitrogens with zero attached hydrogens (tertiary/aromatic N) is 3. The van der Waals surface area contributed by atoms with E-state index in [4.69, 9.17) is 14.2 Å². The molecule has 2 N–H and O–H groups in total. The highest BCUT2D eigenvalue weighted by Crippen LogP contribution is 2.39. The molecule has 0 radical (unpaired) electrons. The van der Waals surface area contributed by atoms with Crippen LogP contribution in [0.5, 0.6) is 0 Å². The molecule has 4 rings (SSSR count).